The van der Waals surface area contributed by atoms with Crippen LogP contribution in [-0.4, -0.2) is 12.2 Å². The standard InChI is InChI=1S/C12H18N2O2/c1-3-4-9(2)16-12(15)14-11-7-5-10(13)6-8-11/h5-9H,3-4,13H2,1-2H3,(H,14,15). The molecule has 0 heterocycles. The molecule has 0 aromatic heterocycles. The van der Waals surface area contributed by atoms with Crippen LogP contribution < -0.4 is 11.1 Å². The van der Waals surface area contributed by atoms with Crippen LogP contribution in [0.5, 0.6) is 0 Å². The van der Waals surface area contributed by atoms with Gasteiger partial charge in [0.05, 0.1) is 0 Å². The molecule has 0 saturated heterocycles. The van der Waals surface area contributed by atoms with Crippen molar-refractivity contribution in [2.75, 3.05) is 11.1 Å². The fourth-order valence-corrected chi connectivity index (χ4v) is 1.36. The molecule has 0 spiro atoms. The summed E-state index contributed by atoms with van der Waals surface area (Å²) in [4.78, 5) is 11.4. The predicted molar refractivity (Wildman–Crippen MR) is 65.3 cm³/mol. The minimum atomic E-state index is -0.425. The summed E-state index contributed by atoms with van der Waals surface area (Å²) in [6.07, 6.45) is 1.38. The Kier molecular flexibility index (Phi) is 4.64. The number of hydrogen-bond donors (Lipinski definition) is 2. The van der Waals surface area contributed by atoms with Gasteiger partial charge >= 0.3 is 6.09 Å². The Hall–Kier alpha value is -1.71. The van der Waals surface area contributed by atoms with Crippen LogP contribution in [0.2, 0.25) is 0 Å². The van der Waals surface area contributed by atoms with E-state index in [4.69, 9.17) is 10.5 Å². The van der Waals surface area contributed by atoms with Gasteiger partial charge in [0.15, 0.2) is 0 Å². The maximum absolute atomic E-state index is 11.4. The summed E-state index contributed by atoms with van der Waals surface area (Å²) in [5.74, 6) is 0. The van der Waals surface area contributed by atoms with Gasteiger partial charge in [-0.2, -0.15) is 0 Å². The Morgan fingerprint density at radius 3 is 2.62 bits per heavy atom. The lowest BCUT2D eigenvalue weighted by Crippen LogP contribution is -2.19. The average molecular weight is 222 g/mol. The van der Waals surface area contributed by atoms with E-state index in [1.54, 1.807) is 24.3 Å². The smallest absolute Gasteiger partial charge is 0.411 e. The predicted octanol–water partition coefficient (Wildman–Crippen LogP) is 3.01. The average Bonchev–Trinajstić information content (AvgIpc) is 2.21. The van der Waals surface area contributed by atoms with E-state index in [9.17, 15) is 4.79 Å². The number of rotatable bonds is 4. The molecule has 88 valence electrons. The molecule has 16 heavy (non-hydrogen) atoms. The molecule has 4 heteroatoms. The minimum absolute atomic E-state index is 0.0567. The quantitative estimate of drug-likeness (QED) is 0.770. The number of amides is 1. The van der Waals surface area contributed by atoms with Crippen molar-refractivity contribution in [3.63, 3.8) is 0 Å². The maximum atomic E-state index is 11.4. The van der Waals surface area contributed by atoms with Crippen LogP contribution in [0, 0.1) is 0 Å². The summed E-state index contributed by atoms with van der Waals surface area (Å²) in [5.41, 5.74) is 6.88. The first-order valence-electron chi connectivity index (χ1n) is 5.45. The lowest BCUT2D eigenvalue weighted by atomic mass is 10.2. The van der Waals surface area contributed by atoms with Crippen molar-refractivity contribution in [3.8, 4) is 0 Å². The molecule has 1 unspecified atom stereocenters. The Balaban J connectivity index is 2.42. The Morgan fingerprint density at radius 1 is 1.44 bits per heavy atom. The van der Waals surface area contributed by atoms with Crippen molar-refractivity contribution in [3.05, 3.63) is 24.3 Å². The van der Waals surface area contributed by atoms with Gasteiger partial charge in [-0.3, -0.25) is 5.32 Å². The van der Waals surface area contributed by atoms with Crippen molar-refractivity contribution in [2.45, 2.75) is 32.8 Å². The first kappa shape index (κ1) is 12.4. The molecule has 4 nitrogen and oxygen atoms in total. The van der Waals surface area contributed by atoms with Crippen molar-refractivity contribution in [2.24, 2.45) is 0 Å². The SMILES string of the molecule is CCCC(C)OC(=O)Nc1ccc(N)cc1. The first-order chi connectivity index (χ1) is 7.61. The number of benzene rings is 1. The highest BCUT2D eigenvalue weighted by Gasteiger charge is 2.08. The second-order valence-corrected chi connectivity index (χ2v) is 3.75. The molecule has 1 amide bonds. The summed E-state index contributed by atoms with van der Waals surface area (Å²) >= 11 is 0. The van der Waals surface area contributed by atoms with Crippen molar-refractivity contribution in [1.82, 2.24) is 0 Å². The van der Waals surface area contributed by atoms with E-state index in [2.05, 4.69) is 12.2 Å². The van der Waals surface area contributed by atoms with E-state index in [1.165, 1.54) is 0 Å². The van der Waals surface area contributed by atoms with Gasteiger partial charge in [0.2, 0.25) is 0 Å². The second kappa shape index (κ2) is 6.00. The molecule has 0 aliphatic rings. The van der Waals surface area contributed by atoms with Crippen LogP contribution in [-0.2, 0) is 4.74 Å². The Morgan fingerprint density at radius 2 is 2.06 bits per heavy atom. The number of carbonyl (C=O) groups is 1. The molecular formula is C12H18N2O2. The zero-order valence-electron chi connectivity index (χ0n) is 9.69. The van der Waals surface area contributed by atoms with E-state index in [-0.39, 0.29) is 6.10 Å². The van der Waals surface area contributed by atoms with Crippen molar-refractivity contribution < 1.29 is 9.53 Å². The summed E-state index contributed by atoms with van der Waals surface area (Å²) in [5, 5.41) is 2.64. The minimum Gasteiger partial charge on any atom is -0.446 e. The topological polar surface area (TPSA) is 64.3 Å². The summed E-state index contributed by atoms with van der Waals surface area (Å²) < 4.78 is 5.14. The van der Waals surface area contributed by atoms with Gasteiger partial charge in [-0.15, -0.1) is 0 Å². The third-order valence-corrected chi connectivity index (χ3v) is 2.16. The third-order valence-electron chi connectivity index (χ3n) is 2.16. The van der Waals surface area contributed by atoms with Crippen LogP contribution in [0.3, 0.4) is 0 Å². The number of nitrogens with one attached hydrogen (secondary N) is 1. The monoisotopic (exact) mass is 222 g/mol. The van der Waals surface area contributed by atoms with Gasteiger partial charge in [0.25, 0.3) is 0 Å². The van der Waals surface area contributed by atoms with Crippen LogP contribution in [0.4, 0.5) is 16.2 Å². The Bertz CT molecular complexity index is 335. The van der Waals surface area contributed by atoms with Gasteiger partial charge in [-0.1, -0.05) is 13.3 Å². The molecule has 1 aromatic carbocycles. The number of hydrogen-bond acceptors (Lipinski definition) is 3. The van der Waals surface area contributed by atoms with Crippen LogP contribution in [0.25, 0.3) is 0 Å². The molecule has 0 bridgehead atoms. The summed E-state index contributed by atoms with van der Waals surface area (Å²) in [6.45, 7) is 3.93. The molecule has 0 aliphatic heterocycles. The normalized spacial score (nSPS) is 11.9. The largest absolute Gasteiger partial charge is 0.446 e. The molecule has 3 N–H and O–H groups in total. The van der Waals surface area contributed by atoms with Crippen molar-refractivity contribution >= 4 is 17.5 Å². The highest BCUT2D eigenvalue weighted by Crippen LogP contribution is 2.11. The van der Waals surface area contributed by atoms with Crippen molar-refractivity contribution in [1.29, 1.82) is 0 Å². The molecule has 0 radical (unpaired) electrons. The lowest BCUT2D eigenvalue weighted by molar-refractivity contribution is 0.115. The number of nitrogens with two attached hydrogens (primary N) is 1. The van der Waals surface area contributed by atoms with Gasteiger partial charge in [-0.05, 0) is 37.6 Å². The lowest BCUT2D eigenvalue weighted by Gasteiger charge is -2.12. The second-order valence-electron chi connectivity index (χ2n) is 3.75. The van der Waals surface area contributed by atoms with Gasteiger partial charge in [-0.25, -0.2) is 4.79 Å². The molecule has 1 atom stereocenters. The number of anilines is 2. The van der Waals surface area contributed by atoms with E-state index in [1.807, 2.05) is 6.92 Å². The number of carbonyl (C=O) groups excluding carboxylic acids is 1. The zero-order chi connectivity index (χ0) is 12.0. The highest BCUT2D eigenvalue weighted by molar-refractivity contribution is 5.84. The number of ether oxygens (including phenoxy) is 1. The van der Waals surface area contributed by atoms with Gasteiger partial charge in [0, 0.05) is 11.4 Å². The first-order valence-corrected chi connectivity index (χ1v) is 5.45. The fraction of sp³-hybridized carbons (Fsp3) is 0.417. The molecule has 0 aliphatic carbocycles. The molecule has 0 fully saturated rings. The van der Waals surface area contributed by atoms with E-state index in [0.717, 1.165) is 12.8 Å². The zero-order valence-corrected chi connectivity index (χ0v) is 9.69. The molecular weight excluding hydrogens is 204 g/mol. The van der Waals surface area contributed by atoms with Gasteiger partial charge < -0.3 is 10.5 Å². The number of nitrogen functional groups attached to an aromatic ring is 1. The van der Waals surface area contributed by atoms with Gasteiger partial charge in [0.1, 0.15) is 6.10 Å². The van der Waals surface area contributed by atoms with Crippen LogP contribution in [0.1, 0.15) is 26.7 Å². The van der Waals surface area contributed by atoms with Crippen LogP contribution >= 0.6 is 0 Å². The molecule has 1 aromatic rings. The fourth-order valence-electron chi connectivity index (χ4n) is 1.36. The van der Waals surface area contributed by atoms with E-state index in [0.29, 0.717) is 11.4 Å². The highest BCUT2D eigenvalue weighted by atomic mass is 16.6. The molecule has 1 rings (SSSR count). The summed E-state index contributed by atoms with van der Waals surface area (Å²) in [7, 11) is 0. The Labute approximate surface area is 95.8 Å². The van der Waals surface area contributed by atoms with E-state index >= 15 is 0 Å². The third kappa shape index (κ3) is 4.21. The van der Waals surface area contributed by atoms with E-state index < -0.39 is 6.09 Å². The maximum Gasteiger partial charge on any atom is 0.411 e. The summed E-state index contributed by atoms with van der Waals surface area (Å²) in [6, 6.07) is 6.93. The van der Waals surface area contributed by atoms with Crippen LogP contribution in [0.15, 0.2) is 24.3 Å². The molecule has 0 saturated carbocycles.